The molecular weight excluding hydrogens is 323 g/mol. The molecule has 2 aromatic rings. The van der Waals surface area contributed by atoms with Crippen LogP contribution in [0.3, 0.4) is 0 Å². The molecule has 1 aliphatic carbocycles. The van der Waals surface area contributed by atoms with E-state index in [2.05, 4.69) is 10.6 Å². The number of hydrogen-bond donors (Lipinski definition) is 3. The Hall–Kier alpha value is -2.73. The lowest BCUT2D eigenvalue weighted by atomic mass is 10.1. The molecule has 0 aromatic heterocycles. The van der Waals surface area contributed by atoms with Crippen LogP contribution >= 0.6 is 0 Å². The zero-order valence-electron chi connectivity index (χ0n) is 13.5. The number of hydrogen-bond acceptors (Lipinski definition) is 3. The van der Waals surface area contributed by atoms with Crippen molar-refractivity contribution in [2.45, 2.75) is 18.9 Å². The number of anilines is 1. The van der Waals surface area contributed by atoms with Gasteiger partial charge in [0.25, 0.3) is 5.91 Å². The second-order valence-electron chi connectivity index (χ2n) is 6.12. The van der Waals surface area contributed by atoms with Gasteiger partial charge in [-0.15, -0.1) is 0 Å². The number of aliphatic hydroxyl groups excluding tert-OH is 1. The Morgan fingerprint density at radius 1 is 1.08 bits per heavy atom. The molecule has 2 aromatic carbocycles. The predicted octanol–water partition coefficient (Wildman–Crippen LogP) is 2.64. The Labute approximate surface area is 144 Å². The zero-order chi connectivity index (χ0) is 17.8. The molecule has 0 saturated heterocycles. The van der Waals surface area contributed by atoms with Crippen LogP contribution in [-0.4, -0.2) is 23.5 Å². The van der Waals surface area contributed by atoms with Gasteiger partial charge < -0.3 is 15.7 Å². The summed E-state index contributed by atoms with van der Waals surface area (Å²) in [6.45, 7) is 0.0185. The Morgan fingerprint density at radius 2 is 1.72 bits per heavy atom. The molecule has 25 heavy (non-hydrogen) atoms. The first-order valence-corrected chi connectivity index (χ1v) is 8.15. The lowest BCUT2D eigenvalue weighted by Gasteiger charge is -2.12. The summed E-state index contributed by atoms with van der Waals surface area (Å²) in [5.74, 6) is -0.578. The van der Waals surface area contributed by atoms with E-state index < -0.39 is 6.10 Å². The van der Waals surface area contributed by atoms with Crippen LogP contribution in [0, 0.1) is 11.7 Å². The van der Waals surface area contributed by atoms with Gasteiger partial charge in [-0.3, -0.25) is 9.59 Å². The summed E-state index contributed by atoms with van der Waals surface area (Å²) in [7, 11) is 0. The molecule has 3 N–H and O–H groups in total. The van der Waals surface area contributed by atoms with Crippen LogP contribution < -0.4 is 10.6 Å². The fourth-order valence-corrected chi connectivity index (χ4v) is 2.39. The standard InChI is InChI=1S/C19H19FN2O3/c20-15-7-3-12(4-8-15)17(23)11-21-18(24)13-5-9-16(10-6-13)22-19(25)14-1-2-14/h3-10,14,17,23H,1-2,11H2,(H,21,24)(H,22,25). The summed E-state index contributed by atoms with van der Waals surface area (Å²) >= 11 is 0. The van der Waals surface area contributed by atoms with E-state index in [1.54, 1.807) is 24.3 Å². The highest BCUT2D eigenvalue weighted by Gasteiger charge is 2.29. The maximum atomic E-state index is 12.9. The van der Waals surface area contributed by atoms with Crippen molar-refractivity contribution in [1.29, 1.82) is 0 Å². The Bertz CT molecular complexity index is 755. The van der Waals surface area contributed by atoms with Crippen LogP contribution in [0.15, 0.2) is 48.5 Å². The van der Waals surface area contributed by atoms with Crippen LogP contribution in [0.1, 0.15) is 34.9 Å². The van der Waals surface area contributed by atoms with Crippen molar-refractivity contribution >= 4 is 17.5 Å². The van der Waals surface area contributed by atoms with Crippen molar-refractivity contribution < 1.29 is 19.1 Å². The van der Waals surface area contributed by atoms with Crippen molar-refractivity contribution in [3.63, 3.8) is 0 Å². The zero-order valence-corrected chi connectivity index (χ0v) is 13.5. The number of aliphatic hydroxyl groups is 1. The lowest BCUT2D eigenvalue weighted by Crippen LogP contribution is -2.28. The van der Waals surface area contributed by atoms with Crippen molar-refractivity contribution in [2.75, 3.05) is 11.9 Å². The van der Waals surface area contributed by atoms with Crippen LogP contribution in [0.5, 0.6) is 0 Å². The maximum absolute atomic E-state index is 12.9. The molecule has 130 valence electrons. The molecule has 3 rings (SSSR count). The summed E-state index contributed by atoms with van der Waals surface area (Å²) in [4.78, 5) is 23.8. The first-order valence-electron chi connectivity index (χ1n) is 8.15. The average Bonchev–Trinajstić information content (AvgIpc) is 3.46. The summed E-state index contributed by atoms with van der Waals surface area (Å²) in [6, 6.07) is 12.0. The topological polar surface area (TPSA) is 78.4 Å². The third-order valence-corrected chi connectivity index (χ3v) is 4.07. The van der Waals surface area contributed by atoms with Gasteiger partial charge in [-0.2, -0.15) is 0 Å². The van der Waals surface area contributed by atoms with Crippen LogP contribution in [0.2, 0.25) is 0 Å². The number of halogens is 1. The molecule has 2 amide bonds. The van der Waals surface area contributed by atoms with Crippen molar-refractivity contribution in [3.05, 3.63) is 65.5 Å². The summed E-state index contributed by atoms with van der Waals surface area (Å²) < 4.78 is 12.9. The van der Waals surface area contributed by atoms with Crippen LogP contribution in [0.25, 0.3) is 0 Å². The van der Waals surface area contributed by atoms with E-state index in [4.69, 9.17) is 0 Å². The molecule has 1 saturated carbocycles. The lowest BCUT2D eigenvalue weighted by molar-refractivity contribution is -0.117. The van der Waals surface area contributed by atoms with E-state index in [1.165, 1.54) is 24.3 Å². The van der Waals surface area contributed by atoms with E-state index in [0.29, 0.717) is 16.8 Å². The molecule has 1 aliphatic rings. The van der Waals surface area contributed by atoms with Gasteiger partial charge in [-0.1, -0.05) is 12.1 Å². The summed E-state index contributed by atoms with van der Waals surface area (Å²) in [5, 5.41) is 15.5. The fraction of sp³-hybridized carbons (Fsp3) is 0.263. The van der Waals surface area contributed by atoms with Crippen molar-refractivity contribution in [3.8, 4) is 0 Å². The highest BCUT2D eigenvalue weighted by atomic mass is 19.1. The smallest absolute Gasteiger partial charge is 0.251 e. The molecule has 1 atom stereocenters. The van der Waals surface area contributed by atoms with E-state index in [9.17, 15) is 19.1 Å². The molecule has 0 bridgehead atoms. The normalized spacial score (nSPS) is 14.6. The minimum Gasteiger partial charge on any atom is -0.387 e. The first-order chi connectivity index (χ1) is 12.0. The highest BCUT2D eigenvalue weighted by Crippen LogP contribution is 2.30. The van der Waals surface area contributed by atoms with E-state index in [-0.39, 0.29) is 30.1 Å². The minimum absolute atomic E-state index is 0.0135. The average molecular weight is 342 g/mol. The Kier molecular flexibility index (Phi) is 5.09. The molecule has 0 heterocycles. The maximum Gasteiger partial charge on any atom is 0.251 e. The van der Waals surface area contributed by atoms with Gasteiger partial charge in [0.2, 0.25) is 5.91 Å². The molecule has 6 heteroatoms. The number of carbonyl (C=O) groups is 2. The van der Waals surface area contributed by atoms with Gasteiger partial charge in [0.05, 0.1) is 6.10 Å². The molecule has 5 nitrogen and oxygen atoms in total. The number of nitrogens with one attached hydrogen (secondary N) is 2. The summed E-state index contributed by atoms with van der Waals surface area (Å²) in [5.41, 5.74) is 1.61. The third kappa shape index (κ3) is 4.64. The molecule has 0 aliphatic heterocycles. The van der Waals surface area contributed by atoms with Gasteiger partial charge in [-0.05, 0) is 54.8 Å². The van der Waals surface area contributed by atoms with E-state index in [0.717, 1.165) is 12.8 Å². The van der Waals surface area contributed by atoms with E-state index >= 15 is 0 Å². The Morgan fingerprint density at radius 3 is 2.32 bits per heavy atom. The van der Waals surface area contributed by atoms with E-state index in [1.807, 2.05) is 0 Å². The monoisotopic (exact) mass is 342 g/mol. The molecule has 0 spiro atoms. The second kappa shape index (κ2) is 7.44. The fourth-order valence-electron chi connectivity index (χ4n) is 2.39. The van der Waals surface area contributed by atoms with Gasteiger partial charge in [0, 0.05) is 23.7 Å². The quantitative estimate of drug-likeness (QED) is 0.755. The van der Waals surface area contributed by atoms with Gasteiger partial charge in [0.1, 0.15) is 5.82 Å². The molecule has 0 radical (unpaired) electrons. The van der Waals surface area contributed by atoms with Crippen molar-refractivity contribution in [2.24, 2.45) is 5.92 Å². The summed E-state index contributed by atoms with van der Waals surface area (Å²) in [6.07, 6.45) is 0.951. The number of amides is 2. The second-order valence-corrected chi connectivity index (χ2v) is 6.12. The van der Waals surface area contributed by atoms with Gasteiger partial charge in [0.15, 0.2) is 0 Å². The van der Waals surface area contributed by atoms with Crippen LogP contribution in [0.4, 0.5) is 10.1 Å². The van der Waals surface area contributed by atoms with Crippen molar-refractivity contribution in [1.82, 2.24) is 5.32 Å². The molecule has 1 fully saturated rings. The predicted molar refractivity (Wildman–Crippen MR) is 91.5 cm³/mol. The van der Waals surface area contributed by atoms with Crippen LogP contribution in [-0.2, 0) is 4.79 Å². The number of benzene rings is 2. The Balaban J connectivity index is 1.52. The molecule has 1 unspecified atom stereocenters. The third-order valence-electron chi connectivity index (χ3n) is 4.07. The number of rotatable bonds is 6. The number of carbonyl (C=O) groups excluding carboxylic acids is 2. The minimum atomic E-state index is -0.915. The SMILES string of the molecule is O=C(NCC(O)c1ccc(F)cc1)c1ccc(NC(=O)C2CC2)cc1. The first kappa shape index (κ1) is 17.1. The van der Waals surface area contributed by atoms with Gasteiger partial charge >= 0.3 is 0 Å². The van der Waals surface area contributed by atoms with Gasteiger partial charge in [-0.25, -0.2) is 4.39 Å². The largest absolute Gasteiger partial charge is 0.387 e. The highest BCUT2D eigenvalue weighted by molar-refractivity contribution is 5.96. The molecular formula is C19H19FN2O3.